The van der Waals surface area contributed by atoms with Gasteiger partial charge in [-0.2, -0.15) is 8.42 Å². The molecule has 1 aliphatic rings. The summed E-state index contributed by atoms with van der Waals surface area (Å²) in [4.78, 5) is 12.6. The summed E-state index contributed by atoms with van der Waals surface area (Å²) in [7, 11) is -3.82. The van der Waals surface area contributed by atoms with Gasteiger partial charge in [0, 0.05) is 5.92 Å². The van der Waals surface area contributed by atoms with Gasteiger partial charge in [0.2, 0.25) is 0 Å². The Morgan fingerprint density at radius 2 is 1.93 bits per heavy atom. The highest BCUT2D eigenvalue weighted by molar-refractivity contribution is 7.85. The summed E-state index contributed by atoms with van der Waals surface area (Å²) in [6.45, 7) is 2.36. The highest BCUT2D eigenvalue weighted by Crippen LogP contribution is 2.14. The molecule has 0 amide bonds. The first-order chi connectivity index (χ1) is 7.01. The Hall–Kier alpha value is -0.460. The van der Waals surface area contributed by atoms with Gasteiger partial charge in [0.15, 0.2) is 0 Å². The number of carbonyl (C=O) groups excluding carboxylic acids is 1. The van der Waals surface area contributed by atoms with E-state index in [1.165, 1.54) is 0 Å². The van der Waals surface area contributed by atoms with Crippen molar-refractivity contribution in [1.82, 2.24) is 4.90 Å². The van der Waals surface area contributed by atoms with Crippen LogP contribution in [0, 0.1) is 5.92 Å². The maximum Gasteiger partial charge on any atom is 0.264 e. The van der Waals surface area contributed by atoms with Crippen molar-refractivity contribution in [3.8, 4) is 0 Å². The van der Waals surface area contributed by atoms with Crippen molar-refractivity contribution in [2.75, 3.05) is 25.4 Å². The van der Waals surface area contributed by atoms with E-state index in [4.69, 9.17) is 4.55 Å². The van der Waals surface area contributed by atoms with Crippen molar-refractivity contribution in [2.45, 2.75) is 19.3 Å². The fourth-order valence-electron chi connectivity index (χ4n) is 1.78. The van der Waals surface area contributed by atoms with Gasteiger partial charge in [0.05, 0.1) is 5.75 Å². The molecule has 6 heteroatoms. The van der Waals surface area contributed by atoms with Crippen molar-refractivity contribution >= 4 is 16.4 Å². The van der Waals surface area contributed by atoms with Crippen molar-refractivity contribution < 1.29 is 17.8 Å². The monoisotopic (exact) mass is 235 g/mol. The molecule has 1 aliphatic heterocycles. The minimum absolute atomic E-state index is 0.169. The number of likely N-dealkylation sites (tertiary alicyclic amines) is 1. The highest BCUT2D eigenvalue weighted by Gasteiger charge is 2.18. The Morgan fingerprint density at radius 1 is 1.33 bits per heavy atom. The smallest absolute Gasteiger partial charge is 0.264 e. The number of hydrogen-bond acceptors (Lipinski definition) is 4. The fraction of sp³-hybridized carbons (Fsp3) is 0.889. The average molecular weight is 235 g/mol. The maximum atomic E-state index is 10.5. The standard InChI is InChI=1S/C9H17NO4S/c11-8-9-2-5-10(6-3-9)4-1-7-15(12,13)14/h8-9H,1-7H2,(H,12,13,14). The van der Waals surface area contributed by atoms with Gasteiger partial charge in [-0.05, 0) is 38.9 Å². The van der Waals surface area contributed by atoms with E-state index in [9.17, 15) is 13.2 Å². The maximum absolute atomic E-state index is 10.5. The lowest BCUT2D eigenvalue weighted by Crippen LogP contribution is -2.35. The minimum Gasteiger partial charge on any atom is -0.303 e. The zero-order chi connectivity index (χ0) is 11.3. The lowest BCUT2D eigenvalue weighted by atomic mass is 9.99. The molecule has 0 aromatic rings. The van der Waals surface area contributed by atoms with Gasteiger partial charge in [0.25, 0.3) is 10.1 Å². The van der Waals surface area contributed by atoms with Crippen LogP contribution in [-0.4, -0.2) is 49.5 Å². The second-order valence-electron chi connectivity index (χ2n) is 3.95. The predicted octanol–water partition coefficient (Wildman–Crippen LogP) is 0.175. The fourth-order valence-corrected chi connectivity index (χ4v) is 2.28. The Kier molecular flexibility index (Phi) is 4.69. The summed E-state index contributed by atoms with van der Waals surface area (Å²) in [5.41, 5.74) is 0. The molecule has 5 nitrogen and oxygen atoms in total. The van der Waals surface area contributed by atoms with Crippen molar-refractivity contribution in [2.24, 2.45) is 5.92 Å². The van der Waals surface area contributed by atoms with Gasteiger partial charge in [-0.25, -0.2) is 0 Å². The van der Waals surface area contributed by atoms with Gasteiger partial charge >= 0.3 is 0 Å². The summed E-state index contributed by atoms with van der Waals surface area (Å²) in [5.74, 6) is -0.0107. The molecule has 0 aromatic carbocycles. The number of rotatable bonds is 5. The molecule has 15 heavy (non-hydrogen) atoms. The van der Waals surface area contributed by atoms with Crippen LogP contribution in [0.2, 0.25) is 0 Å². The minimum atomic E-state index is -3.82. The van der Waals surface area contributed by atoms with E-state index < -0.39 is 10.1 Å². The van der Waals surface area contributed by atoms with E-state index in [1.54, 1.807) is 0 Å². The number of nitrogens with zero attached hydrogens (tertiary/aromatic N) is 1. The Morgan fingerprint density at radius 3 is 2.40 bits per heavy atom. The van der Waals surface area contributed by atoms with Crippen LogP contribution in [-0.2, 0) is 14.9 Å². The molecule has 1 heterocycles. The van der Waals surface area contributed by atoms with E-state index in [0.29, 0.717) is 13.0 Å². The summed E-state index contributed by atoms with van der Waals surface area (Å²) in [5, 5.41) is 0. The van der Waals surface area contributed by atoms with E-state index in [0.717, 1.165) is 32.2 Å². The predicted molar refractivity (Wildman–Crippen MR) is 56.3 cm³/mol. The van der Waals surface area contributed by atoms with E-state index in [-0.39, 0.29) is 11.7 Å². The largest absolute Gasteiger partial charge is 0.303 e. The zero-order valence-electron chi connectivity index (χ0n) is 8.63. The SMILES string of the molecule is O=CC1CCN(CCCS(=O)(=O)O)CC1. The van der Waals surface area contributed by atoms with Gasteiger partial charge in [-0.15, -0.1) is 0 Å². The first-order valence-electron chi connectivity index (χ1n) is 5.14. The normalized spacial score (nSPS) is 20.3. The molecule has 0 bridgehead atoms. The van der Waals surface area contributed by atoms with E-state index in [1.807, 2.05) is 0 Å². The average Bonchev–Trinajstić information content (AvgIpc) is 2.17. The van der Waals surface area contributed by atoms with Crippen LogP contribution >= 0.6 is 0 Å². The Balaban J connectivity index is 2.16. The van der Waals surface area contributed by atoms with E-state index in [2.05, 4.69) is 4.90 Å². The molecule has 88 valence electrons. The molecule has 0 radical (unpaired) electrons. The highest BCUT2D eigenvalue weighted by atomic mass is 32.2. The van der Waals surface area contributed by atoms with E-state index >= 15 is 0 Å². The lowest BCUT2D eigenvalue weighted by molar-refractivity contribution is -0.112. The third kappa shape index (κ3) is 5.25. The summed E-state index contributed by atoms with van der Waals surface area (Å²) < 4.78 is 29.5. The quantitative estimate of drug-likeness (QED) is 0.543. The second-order valence-corrected chi connectivity index (χ2v) is 5.53. The number of piperidine rings is 1. The molecule has 0 atom stereocenters. The van der Waals surface area contributed by atoms with Crippen LogP contribution < -0.4 is 0 Å². The topological polar surface area (TPSA) is 74.7 Å². The molecule has 0 unspecified atom stereocenters. The van der Waals surface area contributed by atoms with Crippen LogP contribution in [0.3, 0.4) is 0 Å². The van der Waals surface area contributed by atoms with Crippen molar-refractivity contribution in [3.63, 3.8) is 0 Å². The number of hydrogen-bond donors (Lipinski definition) is 1. The zero-order valence-corrected chi connectivity index (χ0v) is 9.45. The molecule has 0 aromatic heterocycles. The molecule has 1 fully saturated rings. The van der Waals surface area contributed by atoms with Crippen LogP contribution in [0.25, 0.3) is 0 Å². The lowest BCUT2D eigenvalue weighted by Gasteiger charge is -2.29. The van der Waals surface area contributed by atoms with Gasteiger partial charge in [-0.3, -0.25) is 4.55 Å². The molecule has 1 saturated heterocycles. The van der Waals surface area contributed by atoms with Gasteiger partial charge in [-0.1, -0.05) is 0 Å². The summed E-state index contributed by atoms with van der Waals surface area (Å²) >= 11 is 0. The molecular formula is C9H17NO4S. The van der Waals surface area contributed by atoms with Crippen molar-refractivity contribution in [3.05, 3.63) is 0 Å². The second kappa shape index (κ2) is 5.58. The third-order valence-corrected chi connectivity index (χ3v) is 3.51. The van der Waals surface area contributed by atoms with Crippen LogP contribution in [0.1, 0.15) is 19.3 Å². The molecule has 0 saturated carbocycles. The summed E-state index contributed by atoms with van der Waals surface area (Å²) in [6, 6.07) is 0. The van der Waals surface area contributed by atoms with Gasteiger partial charge in [0.1, 0.15) is 6.29 Å². The Labute approximate surface area is 90.2 Å². The molecule has 0 spiro atoms. The molecule has 0 aliphatic carbocycles. The molecular weight excluding hydrogens is 218 g/mol. The van der Waals surface area contributed by atoms with Crippen LogP contribution in [0.5, 0.6) is 0 Å². The van der Waals surface area contributed by atoms with Crippen molar-refractivity contribution in [1.29, 1.82) is 0 Å². The number of carbonyl (C=O) groups is 1. The Bertz CT molecular complexity index is 293. The third-order valence-electron chi connectivity index (χ3n) is 2.70. The van der Waals surface area contributed by atoms with Crippen LogP contribution in [0.15, 0.2) is 0 Å². The number of aldehydes is 1. The summed E-state index contributed by atoms with van der Waals surface area (Å²) in [6.07, 6.45) is 3.16. The first kappa shape index (κ1) is 12.6. The molecule has 1 rings (SSSR count). The first-order valence-corrected chi connectivity index (χ1v) is 6.75. The molecule has 1 N–H and O–H groups in total. The van der Waals surface area contributed by atoms with Crippen LogP contribution in [0.4, 0.5) is 0 Å². The van der Waals surface area contributed by atoms with Gasteiger partial charge < -0.3 is 9.69 Å².